The Morgan fingerprint density at radius 2 is 1.35 bits per heavy atom. The van der Waals surface area contributed by atoms with Crippen molar-refractivity contribution in [2.45, 2.75) is 34.1 Å². The van der Waals surface area contributed by atoms with Crippen LogP contribution in [-0.4, -0.2) is 0 Å². The summed E-state index contributed by atoms with van der Waals surface area (Å²) < 4.78 is 2.92. The average molecular weight is 393 g/mol. The Labute approximate surface area is 166 Å². The summed E-state index contributed by atoms with van der Waals surface area (Å²) in [6.07, 6.45) is 5.69. The first-order valence-corrected chi connectivity index (χ1v) is 11.4. The molecular weight excluding hydrogens is 372 g/mol. The van der Waals surface area contributed by atoms with Gasteiger partial charge < -0.3 is 0 Å². The Balaban J connectivity index is 1.94. The zero-order valence-electron chi connectivity index (χ0n) is 15.4. The van der Waals surface area contributed by atoms with Crippen LogP contribution >= 0.6 is 34.0 Å². The molecule has 0 amide bonds. The second-order valence-electron chi connectivity index (χ2n) is 7.24. The van der Waals surface area contributed by atoms with Gasteiger partial charge >= 0.3 is 0 Å². The zero-order chi connectivity index (χ0) is 18.0. The van der Waals surface area contributed by atoms with Crippen LogP contribution in [0.15, 0.2) is 42.0 Å². The third kappa shape index (κ3) is 2.45. The summed E-state index contributed by atoms with van der Waals surface area (Å²) in [6.45, 7) is 8.92. The quantitative estimate of drug-likeness (QED) is 0.321. The molecular formula is C23H20S3. The van der Waals surface area contributed by atoms with E-state index in [-0.39, 0.29) is 0 Å². The SMILES string of the molecule is CC1=CC=C(c2c3cc(C)sc3c(-c3ccc(C)s3)c3cc(C)sc23)C1. The van der Waals surface area contributed by atoms with Crippen molar-refractivity contribution in [1.29, 1.82) is 0 Å². The average Bonchev–Trinajstić information content (AvgIpc) is 3.33. The lowest BCUT2D eigenvalue weighted by atomic mass is 9.94. The first-order chi connectivity index (χ1) is 12.5. The van der Waals surface area contributed by atoms with Gasteiger partial charge in [0.1, 0.15) is 0 Å². The van der Waals surface area contributed by atoms with Crippen LogP contribution < -0.4 is 0 Å². The van der Waals surface area contributed by atoms with Gasteiger partial charge in [-0.25, -0.2) is 0 Å². The molecule has 0 nitrogen and oxygen atoms in total. The summed E-state index contributed by atoms with van der Waals surface area (Å²) in [4.78, 5) is 5.57. The van der Waals surface area contributed by atoms with Gasteiger partial charge in [-0.05, 0) is 64.0 Å². The van der Waals surface area contributed by atoms with Gasteiger partial charge in [0.2, 0.25) is 0 Å². The monoisotopic (exact) mass is 392 g/mol. The standard InChI is InChI=1S/C23H20S3/c1-12-5-7-16(9-12)20-17-10-14(3)26-23(17)21(19-8-6-13(2)24-19)18-11-15(4)25-22(18)20/h5-8,10-11H,9H2,1-4H3. The van der Waals surface area contributed by atoms with Crippen LogP contribution in [0.5, 0.6) is 0 Å². The molecule has 0 aliphatic heterocycles. The van der Waals surface area contributed by atoms with Crippen molar-refractivity contribution in [3.63, 3.8) is 0 Å². The van der Waals surface area contributed by atoms with Crippen LogP contribution in [0.2, 0.25) is 0 Å². The molecule has 1 aliphatic rings. The maximum atomic E-state index is 2.41. The third-order valence-electron chi connectivity index (χ3n) is 5.05. The Morgan fingerprint density at radius 3 is 1.92 bits per heavy atom. The van der Waals surface area contributed by atoms with Crippen LogP contribution in [0.3, 0.4) is 0 Å². The Kier molecular flexibility index (Phi) is 3.75. The number of fused-ring (bicyclic) bond motifs is 2. The van der Waals surface area contributed by atoms with Crippen molar-refractivity contribution in [3.8, 4) is 10.4 Å². The maximum Gasteiger partial charge on any atom is 0.0445 e. The minimum Gasteiger partial charge on any atom is -0.141 e. The van der Waals surface area contributed by atoms with Crippen molar-refractivity contribution in [2.24, 2.45) is 0 Å². The second kappa shape index (κ2) is 5.91. The molecule has 5 rings (SSSR count). The van der Waals surface area contributed by atoms with E-state index in [4.69, 9.17) is 0 Å². The molecule has 0 atom stereocenters. The minimum atomic E-state index is 1.08. The highest BCUT2D eigenvalue weighted by molar-refractivity contribution is 7.22. The lowest BCUT2D eigenvalue weighted by Gasteiger charge is -2.12. The van der Waals surface area contributed by atoms with Crippen LogP contribution in [-0.2, 0) is 0 Å². The fraction of sp³-hybridized carbons (Fsp3) is 0.217. The number of aryl methyl sites for hydroxylation is 3. The van der Waals surface area contributed by atoms with Gasteiger partial charge in [-0.2, -0.15) is 0 Å². The highest BCUT2D eigenvalue weighted by atomic mass is 32.1. The summed E-state index contributed by atoms with van der Waals surface area (Å²) in [6, 6.07) is 9.36. The maximum absolute atomic E-state index is 2.41. The largest absolute Gasteiger partial charge is 0.141 e. The van der Waals surface area contributed by atoms with E-state index in [1.165, 1.54) is 62.0 Å². The van der Waals surface area contributed by atoms with E-state index in [9.17, 15) is 0 Å². The minimum absolute atomic E-state index is 1.08. The molecule has 1 aliphatic carbocycles. The number of allylic oxidation sites excluding steroid dienone is 4. The predicted octanol–water partition coefficient (Wildman–Crippen LogP) is 8.50. The van der Waals surface area contributed by atoms with E-state index in [1.807, 2.05) is 34.0 Å². The Hall–Kier alpha value is -1.68. The van der Waals surface area contributed by atoms with E-state index in [1.54, 1.807) is 0 Å². The summed E-state index contributed by atoms with van der Waals surface area (Å²) >= 11 is 5.81. The molecule has 0 N–H and O–H groups in total. The second-order valence-corrected chi connectivity index (χ2v) is 11.0. The van der Waals surface area contributed by atoms with Crippen molar-refractivity contribution in [2.75, 3.05) is 0 Å². The molecule has 0 bridgehead atoms. The molecule has 1 aromatic carbocycles. The number of benzene rings is 1. The van der Waals surface area contributed by atoms with Gasteiger partial charge in [-0.3, -0.25) is 0 Å². The fourth-order valence-corrected chi connectivity index (χ4v) is 7.18. The molecule has 0 saturated heterocycles. The van der Waals surface area contributed by atoms with Crippen molar-refractivity contribution < 1.29 is 0 Å². The normalized spacial score (nSPS) is 14.5. The van der Waals surface area contributed by atoms with Crippen molar-refractivity contribution in [3.05, 3.63) is 62.2 Å². The van der Waals surface area contributed by atoms with Crippen molar-refractivity contribution in [1.82, 2.24) is 0 Å². The van der Waals surface area contributed by atoms with Crippen LogP contribution in [0.4, 0.5) is 0 Å². The number of hydrogen-bond donors (Lipinski definition) is 0. The summed E-state index contributed by atoms with van der Waals surface area (Å²) in [7, 11) is 0. The molecule has 0 unspecified atom stereocenters. The molecule has 0 radical (unpaired) electrons. The molecule has 3 heteroatoms. The van der Waals surface area contributed by atoms with E-state index in [0.717, 1.165) is 6.42 Å². The number of rotatable bonds is 2. The molecule has 4 aromatic rings. The first-order valence-electron chi connectivity index (χ1n) is 8.91. The molecule has 26 heavy (non-hydrogen) atoms. The summed E-state index contributed by atoms with van der Waals surface area (Å²) in [5, 5.41) is 2.88. The van der Waals surface area contributed by atoms with Crippen LogP contribution in [0, 0.1) is 20.8 Å². The van der Waals surface area contributed by atoms with Gasteiger partial charge in [-0.1, -0.05) is 17.7 Å². The molecule has 0 saturated carbocycles. The molecule has 130 valence electrons. The van der Waals surface area contributed by atoms with Gasteiger partial charge in [0, 0.05) is 50.8 Å². The van der Waals surface area contributed by atoms with E-state index >= 15 is 0 Å². The fourth-order valence-electron chi connectivity index (χ4n) is 3.98. The zero-order valence-corrected chi connectivity index (χ0v) is 17.8. The highest BCUT2D eigenvalue weighted by Crippen LogP contribution is 2.50. The van der Waals surface area contributed by atoms with Gasteiger partial charge in [0.25, 0.3) is 0 Å². The lowest BCUT2D eigenvalue weighted by Crippen LogP contribution is -1.87. The number of hydrogen-bond acceptors (Lipinski definition) is 3. The molecule has 3 aromatic heterocycles. The summed E-state index contributed by atoms with van der Waals surface area (Å²) in [5.41, 5.74) is 5.86. The highest BCUT2D eigenvalue weighted by Gasteiger charge is 2.22. The van der Waals surface area contributed by atoms with Gasteiger partial charge in [0.15, 0.2) is 0 Å². The predicted molar refractivity (Wildman–Crippen MR) is 121 cm³/mol. The van der Waals surface area contributed by atoms with Crippen LogP contribution in [0.1, 0.15) is 33.5 Å². The third-order valence-corrected chi connectivity index (χ3v) is 8.20. The van der Waals surface area contributed by atoms with Gasteiger partial charge in [0.05, 0.1) is 0 Å². The lowest BCUT2D eigenvalue weighted by molar-refractivity contribution is 1.27. The Morgan fingerprint density at radius 1 is 0.692 bits per heavy atom. The van der Waals surface area contributed by atoms with E-state index < -0.39 is 0 Å². The van der Waals surface area contributed by atoms with Crippen molar-refractivity contribution >= 4 is 59.8 Å². The Bertz CT molecular complexity index is 1180. The van der Waals surface area contributed by atoms with Gasteiger partial charge in [-0.15, -0.1) is 34.0 Å². The van der Waals surface area contributed by atoms with E-state index in [0.29, 0.717) is 0 Å². The summed E-state index contributed by atoms with van der Waals surface area (Å²) in [5.74, 6) is 0. The van der Waals surface area contributed by atoms with E-state index in [2.05, 4.69) is 64.1 Å². The molecule has 3 heterocycles. The topological polar surface area (TPSA) is 0 Å². The smallest absolute Gasteiger partial charge is 0.0445 e. The molecule has 0 fully saturated rings. The van der Waals surface area contributed by atoms with Crippen LogP contribution in [0.25, 0.3) is 36.2 Å². The molecule has 0 spiro atoms. The number of thiophene rings is 3. The first kappa shape index (κ1) is 16.5.